The Morgan fingerprint density at radius 3 is 2.39 bits per heavy atom. The predicted octanol–water partition coefficient (Wildman–Crippen LogP) is 6.56. The lowest BCUT2D eigenvalue weighted by atomic mass is 10.2. The minimum atomic E-state index is 0.692. The van der Waals surface area contributed by atoms with E-state index >= 15 is 0 Å². The molecule has 3 rings (SSSR count). The molecule has 0 spiro atoms. The molecule has 1 heterocycles. The van der Waals surface area contributed by atoms with Gasteiger partial charge in [-0.3, -0.25) is 5.43 Å². The molecule has 0 radical (unpaired) electrons. The molecule has 1 aromatic heterocycles. The maximum Gasteiger partial charge on any atom is 0.161 e. The Morgan fingerprint density at radius 1 is 0.903 bits per heavy atom. The lowest BCUT2D eigenvalue weighted by Gasteiger charge is -2.09. The minimum Gasteiger partial charge on any atom is -0.494 e. The molecule has 0 fully saturated rings. The summed E-state index contributed by atoms with van der Waals surface area (Å²) in [6.07, 6.45) is 8.00. The topological polar surface area (TPSA) is 59.4 Å². The first-order valence-electron chi connectivity index (χ1n) is 11.1. The molecule has 0 atom stereocenters. The van der Waals surface area contributed by atoms with Crippen LogP contribution in [0.4, 0.5) is 5.82 Å². The molecule has 2 aromatic carbocycles. The molecule has 1 N–H and O–H groups in total. The van der Waals surface area contributed by atoms with E-state index in [9.17, 15) is 0 Å². The van der Waals surface area contributed by atoms with Gasteiger partial charge in [-0.15, -0.1) is 0 Å². The molecule has 31 heavy (non-hydrogen) atoms. The predicted molar refractivity (Wildman–Crippen MR) is 129 cm³/mol. The molecule has 0 amide bonds. The number of aryl methyl sites for hydroxylation is 1. The number of benzene rings is 2. The number of hydrazone groups is 1. The van der Waals surface area contributed by atoms with Gasteiger partial charge in [0.2, 0.25) is 0 Å². The fourth-order valence-corrected chi connectivity index (χ4v) is 3.17. The van der Waals surface area contributed by atoms with Crippen molar-refractivity contribution in [1.29, 1.82) is 0 Å². The molecule has 0 bridgehead atoms. The van der Waals surface area contributed by atoms with Crippen molar-refractivity contribution in [3.63, 3.8) is 0 Å². The summed E-state index contributed by atoms with van der Waals surface area (Å²) in [5, 5.41) is 4.38. The summed E-state index contributed by atoms with van der Waals surface area (Å²) >= 11 is 0. The van der Waals surface area contributed by atoms with Crippen LogP contribution in [0.2, 0.25) is 0 Å². The average molecular weight is 417 g/mol. The lowest BCUT2D eigenvalue weighted by molar-refractivity contribution is 0.304. The van der Waals surface area contributed by atoms with E-state index in [2.05, 4.69) is 27.4 Å². The minimum absolute atomic E-state index is 0.692. The second kappa shape index (κ2) is 11.8. The highest BCUT2D eigenvalue weighted by atomic mass is 16.5. The van der Waals surface area contributed by atoms with Gasteiger partial charge in [0, 0.05) is 16.8 Å². The van der Waals surface area contributed by atoms with Crippen molar-refractivity contribution >= 4 is 12.0 Å². The number of nitrogens with one attached hydrogen (secondary N) is 1. The standard InChI is InChI=1S/C26H32N4O/c1-4-5-6-7-11-18-31-24-16-14-22(15-17-24)19-27-30-25-20(2)21(3)28-26(29-25)23-12-9-8-10-13-23/h8-10,12-17,19H,4-7,11,18H2,1-3H3,(H,28,29,30). The molecule has 0 aliphatic rings. The number of hydrogen-bond donors (Lipinski definition) is 1. The Kier molecular flexibility index (Phi) is 8.59. The van der Waals surface area contributed by atoms with Gasteiger partial charge in [-0.25, -0.2) is 9.97 Å². The maximum absolute atomic E-state index is 5.82. The van der Waals surface area contributed by atoms with Crippen molar-refractivity contribution in [2.75, 3.05) is 12.0 Å². The molecule has 0 aliphatic carbocycles. The first-order valence-corrected chi connectivity index (χ1v) is 11.1. The normalized spacial score (nSPS) is 11.1. The van der Waals surface area contributed by atoms with Gasteiger partial charge < -0.3 is 4.74 Å². The number of nitrogens with zero attached hydrogens (tertiary/aromatic N) is 3. The van der Waals surface area contributed by atoms with Crippen LogP contribution in [0.1, 0.15) is 55.8 Å². The molecule has 3 aromatic rings. The van der Waals surface area contributed by atoms with Gasteiger partial charge in [0.15, 0.2) is 11.6 Å². The van der Waals surface area contributed by atoms with Gasteiger partial charge in [0.25, 0.3) is 0 Å². The summed E-state index contributed by atoms with van der Waals surface area (Å²) in [5.74, 6) is 2.30. The molecule has 0 unspecified atom stereocenters. The van der Waals surface area contributed by atoms with Crippen LogP contribution >= 0.6 is 0 Å². The number of anilines is 1. The van der Waals surface area contributed by atoms with Crippen LogP contribution in [-0.2, 0) is 0 Å². The monoisotopic (exact) mass is 416 g/mol. The van der Waals surface area contributed by atoms with Gasteiger partial charge in [0.05, 0.1) is 12.8 Å². The van der Waals surface area contributed by atoms with Gasteiger partial charge in [-0.2, -0.15) is 5.10 Å². The highest BCUT2D eigenvalue weighted by Gasteiger charge is 2.09. The van der Waals surface area contributed by atoms with Crippen LogP contribution < -0.4 is 10.2 Å². The third kappa shape index (κ3) is 6.92. The second-order valence-electron chi connectivity index (χ2n) is 7.67. The van der Waals surface area contributed by atoms with E-state index in [1.54, 1.807) is 6.21 Å². The molecule has 0 aliphatic heterocycles. The Balaban J connectivity index is 1.56. The first-order chi connectivity index (χ1) is 15.2. The molecule has 5 nitrogen and oxygen atoms in total. The number of rotatable bonds is 11. The van der Waals surface area contributed by atoms with Gasteiger partial charge in [-0.05, 0) is 50.1 Å². The Hall–Kier alpha value is -3.21. The number of hydrogen-bond acceptors (Lipinski definition) is 5. The third-order valence-corrected chi connectivity index (χ3v) is 5.20. The summed E-state index contributed by atoms with van der Waals surface area (Å²) in [6.45, 7) is 6.99. The second-order valence-corrected chi connectivity index (χ2v) is 7.67. The molecular formula is C26H32N4O. The molecule has 5 heteroatoms. The van der Waals surface area contributed by atoms with Crippen LogP contribution in [0.15, 0.2) is 59.7 Å². The van der Waals surface area contributed by atoms with E-state index in [0.29, 0.717) is 11.6 Å². The van der Waals surface area contributed by atoms with E-state index in [-0.39, 0.29) is 0 Å². The Bertz CT molecular complexity index is 969. The summed E-state index contributed by atoms with van der Waals surface area (Å²) in [4.78, 5) is 9.26. The number of unbranched alkanes of at least 4 members (excludes halogenated alkanes) is 4. The van der Waals surface area contributed by atoms with Crippen LogP contribution in [0.3, 0.4) is 0 Å². The summed E-state index contributed by atoms with van der Waals surface area (Å²) in [5.41, 5.74) is 6.97. The molecule has 162 valence electrons. The van der Waals surface area contributed by atoms with Crippen LogP contribution in [0.25, 0.3) is 11.4 Å². The first kappa shape index (κ1) is 22.5. The third-order valence-electron chi connectivity index (χ3n) is 5.20. The van der Waals surface area contributed by atoms with E-state index in [1.807, 2.05) is 68.4 Å². The van der Waals surface area contributed by atoms with Crippen LogP contribution in [0.5, 0.6) is 5.75 Å². The van der Waals surface area contributed by atoms with Crippen molar-refractivity contribution in [3.05, 3.63) is 71.4 Å². The highest BCUT2D eigenvalue weighted by Crippen LogP contribution is 2.21. The van der Waals surface area contributed by atoms with E-state index in [4.69, 9.17) is 4.74 Å². The van der Waals surface area contributed by atoms with E-state index in [0.717, 1.165) is 41.2 Å². The number of aromatic nitrogens is 2. The maximum atomic E-state index is 5.82. The quantitative estimate of drug-likeness (QED) is 0.219. The van der Waals surface area contributed by atoms with Crippen molar-refractivity contribution in [2.45, 2.75) is 52.9 Å². The fourth-order valence-electron chi connectivity index (χ4n) is 3.17. The van der Waals surface area contributed by atoms with E-state index in [1.165, 1.54) is 25.7 Å². The summed E-state index contributed by atoms with van der Waals surface area (Å²) in [6, 6.07) is 18.0. The SMILES string of the molecule is CCCCCCCOc1ccc(C=NNc2nc(-c3ccccc3)nc(C)c2C)cc1. The molecule has 0 saturated carbocycles. The smallest absolute Gasteiger partial charge is 0.161 e. The summed E-state index contributed by atoms with van der Waals surface area (Å²) < 4.78 is 5.82. The summed E-state index contributed by atoms with van der Waals surface area (Å²) in [7, 11) is 0. The molecule has 0 saturated heterocycles. The zero-order chi connectivity index (χ0) is 21.9. The van der Waals surface area contributed by atoms with Gasteiger partial charge in [-0.1, -0.05) is 62.9 Å². The lowest BCUT2D eigenvalue weighted by Crippen LogP contribution is -2.03. The van der Waals surface area contributed by atoms with Crippen molar-refractivity contribution < 1.29 is 4.74 Å². The van der Waals surface area contributed by atoms with Gasteiger partial charge >= 0.3 is 0 Å². The zero-order valence-corrected chi connectivity index (χ0v) is 18.8. The van der Waals surface area contributed by atoms with E-state index < -0.39 is 0 Å². The van der Waals surface area contributed by atoms with Crippen molar-refractivity contribution in [2.24, 2.45) is 5.10 Å². The van der Waals surface area contributed by atoms with Crippen molar-refractivity contribution in [1.82, 2.24) is 9.97 Å². The van der Waals surface area contributed by atoms with Crippen molar-refractivity contribution in [3.8, 4) is 17.1 Å². The van der Waals surface area contributed by atoms with Crippen LogP contribution in [0, 0.1) is 13.8 Å². The highest BCUT2D eigenvalue weighted by molar-refractivity contribution is 5.80. The molecular weight excluding hydrogens is 384 g/mol. The zero-order valence-electron chi connectivity index (χ0n) is 18.8. The van der Waals surface area contributed by atoms with Crippen LogP contribution in [-0.4, -0.2) is 22.8 Å². The Morgan fingerprint density at radius 2 is 1.65 bits per heavy atom. The number of ether oxygens (including phenoxy) is 1. The average Bonchev–Trinajstić information content (AvgIpc) is 2.80. The van der Waals surface area contributed by atoms with Gasteiger partial charge in [0.1, 0.15) is 5.75 Å². The largest absolute Gasteiger partial charge is 0.494 e. The fraction of sp³-hybridized carbons (Fsp3) is 0.346. The Labute approximate surface area is 185 Å².